The van der Waals surface area contributed by atoms with E-state index < -0.39 is 24.0 Å². The van der Waals surface area contributed by atoms with E-state index in [9.17, 15) is 13.6 Å². The second kappa shape index (κ2) is 7.19. The molecule has 0 heterocycles. The summed E-state index contributed by atoms with van der Waals surface area (Å²) in [5.74, 6) is -1.71. The molecule has 1 aromatic carbocycles. The number of hydrogen-bond donors (Lipinski definition) is 1. The molecule has 0 radical (unpaired) electrons. The van der Waals surface area contributed by atoms with Crippen molar-refractivity contribution in [3.05, 3.63) is 35.6 Å². The summed E-state index contributed by atoms with van der Waals surface area (Å²) in [5.41, 5.74) is 5.42. The van der Waals surface area contributed by atoms with E-state index >= 15 is 0 Å². The van der Waals surface area contributed by atoms with Crippen LogP contribution in [0.15, 0.2) is 24.3 Å². The molecule has 0 saturated heterocycles. The van der Waals surface area contributed by atoms with E-state index in [1.807, 2.05) is 0 Å². The van der Waals surface area contributed by atoms with Crippen LogP contribution >= 0.6 is 12.4 Å². The van der Waals surface area contributed by atoms with Crippen LogP contribution in [0.2, 0.25) is 0 Å². The number of ether oxygens (including phenoxy) is 1. The van der Waals surface area contributed by atoms with E-state index in [4.69, 9.17) is 5.73 Å². The molecule has 1 rings (SSSR count). The highest BCUT2D eigenvalue weighted by Crippen LogP contribution is 2.20. The minimum Gasteiger partial charge on any atom is -0.464 e. The van der Waals surface area contributed by atoms with Gasteiger partial charge in [-0.15, -0.1) is 12.4 Å². The fourth-order valence-corrected chi connectivity index (χ4v) is 1.27. The molecule has 0 amide bonds. The lowest BCUT2D eigenvalue weighted by molar-refractivity contribution is -0.149. The Labute approximate surface area is 104 Å². The SMILES string of the molecule is CCOC(=O)C(F)[C@@H](N)c1ccccc1F.Cl. The van der Waals surface area contributed by atoms with Gasteiger partial charge in [0.1, 0.15) is 5.82 Å². The van der Waals surface area contributed by atoms with Crippen LogP contribution in [-0.4, -0.2) is 18.7 Å². The van der Waals surface area contributed by atoms with Crippen molar-refractivity contribution in [1.29, 1.82) is 0 Å². The van der Waals surface area contributed by atoms with Crippen LogP contribution < -0.4 is 5.73 Å². The largest absolute Gasteiger partial charge is 0.464 e. The summed E-state index contributed by atoms with van der Waals surface area (Å²) in [7, 11) is 0. The van der Waals surface area contributed by atoms with Crippen molar-refractivity contribution < 1.29 is 18.3 Å². The zero-order chi connectivity index (χ0) is 12.1. The third kappa shape index (κ3) is 3.94. The van der Waals surface area contributed by atoms with Crippen molar-refractivity contribution in [2.45, 2.75) is 19.1 Å². The highest BCUT2D eigenvalue weighted by atomic mass is 35.5. The standard InChI is InChI=1S/C11H13F2NO2.ClH/c1-2-16-11(15)9(13)10(14)7-5-3-4-6-8(7)12;/h3-6,9-10H,2,14H2,1H3;1H/t9?,10-;/m0./s1. The molecule has 1 unspecified atom stereocenters. The van der Waals surface area contributed by atoms with Crippen LogP contribution in [0.5, 0.6) is 0 Å². The maximum absolute atomic E-state index is 13.5. The van der Waals surface area contributed by atoms with E-state index in [2.05, 4.69) is 4.74 Å². The maximum Gasteiger partial charge on any atom is 0.342 e. The third-order valence-corrected chi connectivity index (χ3v) is 2.09. The average Bonchev–Trinajstić information content (AvgIpc) is 2.28. The van der Waals surface area contributed by atoms with Gasteiger partial charge < -0.3 is 10.5 Å². The lowest BCUT2D eigenvalue weighted by Crippen LogP contribution is -2.32. The number of alkyl halides is 1. The van der Waals surface area contributed by atoms with Crippen molar-refractivity contribution in [2.75, 3.05) is 6.61 Å². The van der Waals surface area contributed by atoms with Gasteiger partial charge in [0, 0.05) is 5.56 Å². The van der Waals surface area contributed by atoms with E-state index in [1.165, 1.54) is 18.2 Å². The van der Waals surface area contributed by atoms with Crippen molar-refractivity contribution in [1.82, 2.24) is 0 Å². The van der Waals surface area contributed by atoms with Crippen LogP contribution in [0.3, 0.4) is 0 Å². The summed E-state index contributed by atoms with van der Waals surface area (Å²) in [6.07, 6.45) is -2.06. The molecule has 96 valence electrons. The van der Waals surface area contributed by atoms with Gasteiger partial charge in [0.25, 0.3) is 0 Å². The van der Waals surface area contributed by atoms with E-state index in [0.29, 0.717) is 0 Å². The second-order valence-corrected chi connectivity index (χ2v) is 3.20. The molecule has 0 aromatic heterocycles. The smallest absolute Gasteiger partial charge is 0.342 e. The summed E-state index contributed by atoms with van der Waals surface area (Å²) >= 11 is 0. The Morgan fingerprint density at radius 2 is 2.06 bits per heavy atom. The number of carbonyl (C=O) groups excluding carboxylic acids is 1. The molecule has 6 heteroatoms. The topological polar surface area (TPSA) is 52.3 Å². The van der Waals surface area contributed by atoms with Gasteiger partial charge in [0.05, 0.1) is 12.6 Å². The quantitative estimate of drug-likeness (QED) is 0.849. The Balaban J connectivity index is 0.00000256. The first kappa shape index (κ1) is 15.8. The second-order valence-electron chi connectivity index (χ2n) is 3.20. The molecule has 0 saturated carbocycles. The molecule has 0 aliphatic heterocycles. The first-order valence-electron chi connectivity index (χ1n) is 4.88. The number of halogens is 3. The molecule has 3 nitrogen and oxygen atoms in total. The van der Waals surface area contributed by atoms with Crippen LogP contribution in [0.1, 0.15) is 18.5 Å². The number of hydrogen-bond acceptors (Lipinski definition) is 3. The monoisotopic (exact) mass is 265 g/mol. The van der Waals surface area contributed by atoms with Gasteiger partial charge in [0.2, 0.25) is 6.17 Å². The molecule has 2 N–H and O–H groups in total. The van der Waals surface area contributed by atoms with Crippen molar-refractivity contribution in [3.63, 3.8) is 0 Å². The number of nitrogens with two attached hydrogens (primary N) is 1. The summed E-state index contributed by atoms with van der Waals surface area (Å²) in [6.45, 7) is 1.61. The summed E-state index contributed by atoms with van der Waals surface area (Å²) in [6, 6.07) is 4.14. The predicted octanol–water partition coefficient (Wildman–Crippen LogP) is 2.15. The Bertz CT molecular complexity index is 376. The first-order chi connectivity index (χ1) is 7.57. The number of rotatable bonds is 4. The highest BCUT2D eigenvalue weighted by molar-refractivity contribution is 5.85. The molecule has 2 atom stereocenters. The van der Waals surface area contributed by atoms with Crippen LogP contribution in [0.25, 0.3) is 0 Å². The van der Waals surface area contributed by atoms with Gasteiger partial charge in [-0.2, -0.15) is 0 Å². The van der Waals surface area contributed by atoms with Gasteiger partial charge in [-0.05, 0) is 13.0 Å². The number of esters is 1. The summed E-state index contributed by atoms with van der Waals surface area (Å²) < 4.78 is 31.2. The molecular formula is C11H14ClF2NO2. The lowest BCUT2D eigenvalue weighted by atomic mass is 10.0. The normalized spacial score (nSPS) is 13.4. The number of carbonyl (C=O) groups is 1. The Hall–Kier alpha value is -1.20. The van der Waals surface area contributed by atoms with E-state index in [-0.39, 0.29) is 24.6 Å². The zero-order valence-electron chi connectivity index (χ0n) is 9.23. The van der Waals surface area contributed by atoms with Gasteiger partial charge in [-0.3, -0.25) is 0 Å². The Morgan fingerprint density at radius 3 is 2.59 bits per heavy atom. The lowest BCUT2D eigenvalue weighted by Gasteiger charge is -2.16. The Morgan fingerprint density at radius 1 is 1.47 bits per heavy atom. The van der Waals surface area contributed by atoms with Crippen LogP contribution in [-0.2, 0) is 9.53 Å². The predicted molar refractivity (Wildman–Crippen MR) is 62.1 cm³/mol. The molecule has 0 fully saturated rings. The van der Waals surface area contributed by atoms with Gasteiger partial charge in [0.15, 0.2) is 0 Å². The third-order valence-electron chi connectivity index (χ3n) is 2.09. The van der Waals surface area contributed by atoms with Crippen molar-refractivity contribution >= 4 is 18.4 Å². The summed E-state index contributed by atoms with van der Waals surface area (Å²) in [4.78, 5) is 11.1. The molecule has 0 spiro atoms. The van der Waals surface area contributed by atoms with Gasteiger partial charge >= 0.3 is 5.97 Å². The Kier molecular flexibility index (Phi) is 6.68. The van der Waals surface area contributed by atoms with Gasteiger partial charge in [-0.1, -0.05) is 18.2 Å². The molecule has 1 aromatic rings. The zero-order valence-corrected chi connectivity index (χ0v) is 10.0. The van der Waals surface area contributed by atoms with E-state index in [0.717, 1.165) is 6.07 Å². The fourth-order valence-electron chi connectivity index (χ4n) is 1.27. The van der Waals surface area contributed by atoms with E-state index in [1.54, 1.807) is 6.92 Å². The number of benzene rings is 1. The van der Waals surface area contributed by atoms with Crippen LogP contribution in [0.4, 0.5) is 8.78 Å². The molecule has 17 heavy (non-hydrogen) atoms. The maximum atomic E-state index is 13.5. The van der Waals surface area contributed by atoms with Crippen molar-refractivity contribution in [2.24, 2.45) is 5.73 Å². The van der Waals surface area contributed by atoms with Gasteiger partial charge in [-0.25, -0.2) is 13.6 Å². The minimum atomic E-state index is -2.06. The average molecular weight is 266 g/mol. The summed E-state index contributed by atoms with van der Waals surface area (Å²) in [5, 5.41) is 0. The first-order valence-corrected chi connectivity index (χ1v) is 4.88. The molecule has 0 bridgehead atoms. The van der Waals surface area contributed by atoms with Crippen molar-refractivity contribution in [3.8, 4) is 0 Å². The minimum absolute atomic E-state index is 0. The van der Waals surface area contributed by atoms with Crippen LogP contribution in [0, 0.1) is 5.82 Å². The fraction of sp³-hybridized carbons (Fsp3) is 0.364. The molecular weight excluding hydrogens is 252 g/mol. The molecule has 0 aliphatic rings. The molecule has 0 aliphatic carbocycles. The highest BCUT2D eigenvalue weighted by Gasteiger charge is 2.29.